The first kappa shape index (κ1) is 31.1. The van der Waals surface area contributed by atoms with Gasteiger partial charge in [0.1, 0.15) is 23.5 Å². The summed E-state index contributed by atoms with van der Waals surface area (Å²) in [6.07, 6.45) is 2.85. The Kier molecular flexibility index (Phi) is 11.1. The largest absolute Gasteiger partial charge is 0.467 e. The highest BCUT2D eigenvalue weighted by molar-refractivity contribution is 5.97. The van der Waals surface area contributed by atoms with Crippen molar-refractivity contribution in [1.82, 2.24) is 10.6 Å². The van der Waals surface area contributed by atoms with E-state index in [4.69, 9.17) is 9.47 Å². The van der Waals surface area contributed by atoms with Crippen molar-refractivity contribution in [2.24, 2.45) is 11.8 Å². The van der Waals surface area contributed by atoms with Crippen LogP contribution in [-0.2, 0) is 23.9 Å². The van der Waals surface area contributed by atoms with Gasteiger partial charge in [0.05, 0.1) is 12.8 Å². The Morgan fingerprint density at radius 2 is 1.71 bits per heavy atom. The number of amides is 3. The second-order valence-electron chi connectivity index (χ2n) is 11.1. The SMILES string of the molecule is CCC(=O)N[C@@H](C(=O)OC)[C@@H](C)c1ccc(NC(=O)[C@@H](NC(=O)OC(C)(C)C)C2CCC(C)CC2)c(F)c1. The fraction of sp³-hybridized carbons (Fsp3) is 0.643. The molecule has 0 bridgehead atoms. The van der Waals surface area contributed by atoms with E-state index in [2.05, 4.69) is 22.9 Å². The van der Waals surface area contributed by atoms with Gasteiger partial charge >= 0.3 is 12.1 Å². The molecule has 3 N–H and O–H groups in total. The number of rotatable bonds is 9. The number of methoxy groups -OCH3 is 1. The number of ether oxygens (including phenoxy) is 2. The van der Waals surface area contributed by atoms with Crippen LogP contribution in [-0.4, -0.2) is 48.7 Å². The maximum Gasteiger partial charge on any atom is 0.408 e. The van der Waals surface area contributed by atoms with Gasteiger partial charge in [-0.3, -0.25) is 9.59 Å². The average Bonchev–Trinajstić information content (AvgIpc) is 2.85. The number of carbonyl (C=O) groups is 4. The molecule has 0 aromatic heterocycles. The van der Waals surface area contributed by atoms with Crippen molar-refractivity contribution in [2.75, 3.05) is 12.4 Å². The van der Waals surface area contributed by atoms with Crippen molar-refractivity contribution in [1.29, 1.82) is 0 Å². The molecule has 0 spiro atoms. The molecule has 1 fully saturated rings. The molecule has 1 aromatic rings. The Hall–Kier alpha value is -3.17. The zero-order valence-electron chi connectivity index (χ0n) is 23.5. The number of hydrogen-bond donors (Lipinski definition) is 3. The number of esters is 1. The van der Waals surface area contributed by atoms with Crippen molar-refractivity contribution in [3.63, 3.8) is 0 Å². The molecule has 0 aliphatic heterocycles. The molecule has 2 rings (SSSR count). The number of carbonyl (C=O) groups excluding carboxylic acids is 4. The number of benzene rings is 1. The van der Waals surface area contributed by atoms with Crippen LogP contribution in [0.3, 0.4) is 0 Å². The Morgan fingerprint density at radius 3 is 2.24 bits per heavy atom. The topological polar surface area (TPSA) is 123 Å². The normalized spacial score (nSPS) is 19.9. The first-order valence-corrected chi connectivity index (χ1v) is 13.2. The minimum Gasteiger partial charge on any atom is -0.467 e. The maximum absolute atomic E-state index is 15.2. The summed E-state index contributed by atoms with van der Waals surface area (Å²) in [5.41, 5.74) is -0.348. The zero-order valence-corrected chi connectivity index (χ0v) is 23.5. The summed E-state index contributed by atoms with van der Waals surface area (Å²) in [7, 11) is 1.22. The van der Waals surface area contributed by atoms with Gasteiger partial charge in [-0.05, 0) is 63.1 Å². The summed E-state index contributed by atoms with van der Waals surface area (Å²) in [5, 5.41) is 7.92. The second kappa shape index (κ2) is 13.6. The highest BCUT2D eigenvalue weighted by Crippen LogP contribution is 2.32. The number of alkyl carbamates (subject to hydrolysis) is 1. The van der Waals surface area contributed by atoms with Crippen LogP contribution in [0.2, 0.25) is 0 Å². The quantitative estimate of drug-likeness (QED) is 0.396. The lowest BCUT2D eigenvalue weighted by Gasteiger charge is -2.33. The number of nitrogens with one attached hydrogen (secondary N) is 3. The smallest absolute Gasteiger partial charge is 0.408 e. The van der Waals surface area contributed by atoms with Crippen molar-refractivity contribution in [3.8, 4) is 0 Å². The van der Waals surface area contributed by atoms with Gasteiger partial charge < -0.3 is 25.4 Å². The molecular weight excluding hydrogens is 493 g/mol. The highest BCUT2D eigenvalue weighted by Gasteiger charge is 2.34. The lowest BCUT2D eigenvalue weighted by atomic mass is 9.79. The van der Waals surface area contributed by atoms with Crippen LogP contribution in [0.1, 0.15) is 85.1 Å². The molecule has 3 amide bonds. The number of halogens is 1. The summed E-state index contributed by atoms with van der Waals surface area (Å²) in [6.45, 7) is 10.7. The minimum atomic E-state index is -0.997. The molecule has 0 heterocycles. The van der Waals surface area contributed by atoms with Crippen LogP contribution in [0.25, 0.3) is 0 Å². The summed E-state index contributed by atoms with van der Waals surface area (Å²) >= 11 is 0. The van der Waals surface area contributed by atoms with E-state index < -0.39 is 47.4 Å². The Labute approximate surface area is 224 Å². The lowest BCUT2D eigenvalue weighted by molar-refractivity contribution is -0.145. The van der Waals surface area contributed by atoms with E-state index in [1.807, 2.05) is 0 Å². The van der Waals surface area contributed by atoms with Gasteiger partial charge in [-0.1, -0.05) is 39.7 Å². The van der Waals surface area contributed by atoms with Crippen LogP contribution in [0, 0.1) is 17.7 Å². The summed E-state index contributed by atoms with van der Waals surface area (Å²) in [4.78, 5) is 50.0. The maximum atomic E-state index is 15.2. The van der Waals surface area contributed by atoms with Crippen LogP contribution in [0.15, 0.2) is 18.2 Å². The summed E-state index contributed by atoms with van der Waals surface area (Å²) < 4.78 is 25.3. The van der Waals surface area contributed by atoms with Gasteiger partial charge in [0.25, 0.3) is 0 Å². The lowest BCUT2D eigenvalue weighted by Crippen LogP contribution is -2.50. The number of hydrogen-bond acceptors (Lipinski definition) is 6. The van der Waals surface area contributed by atoms with E-state index in [1.54, 1.807) is 40.7 Å². The van der Waals surface area contributed by atoms with E-state index in [0.717, 1.165) is 25.7 Å². The second-order valence-corrected chi connectivity index (χ2v) is 11.1. The third-order valence-electron chi connectivity index (χ3n) is 6.86. The third kappa shape index (κ3) is 8.99. The predicted octanol–water partition coefficient (Wildman–Crippen LogP) is 4.66. The standard InChI is InChI=1S/C28H42FN3O6/c1-8-22(33)31-23(26(35)37-7)17(3)19-13-14-21(20(29)15-19)30-25(34)24(18-11-9-16(2)10-12-18)32-27(36)38-28(4,5)6/h13-18,23-24H,8-12H2,1-7H3,(H,30,34)(H,31,33)(H,32,36)/t16?,17-,18?,23+,24-/m0/s1. The molecule has 1 aliphatic rings. The van der Waals surface area contributed by atoms with Gasteiger partial charge in [0.15, 0.2) is 0 Å². The molecule has 1 saturated carbocycles. The van der Waals surface area contributed by atoms with E-state index in [-0.39, 0.29) is 23.9 Å². The van der Waals surface area contributed by atoms with Crippen LogP contribution in [0.5, 0.6) is 0 Å². The monoisotopic (exact) mass is 535 g/mol. The van der Waals surface area contributed by atoms with E-state index in [9.17, 15) is 19.2 Å². The van der Waals surface area contributed by atoms with Crippen molar-refractivity contribution >= 4 is 29.6 Å². The minimum absolute atomic E-state index is 0.0571. The van der Waals surface area contributed by atoms with Gasteiger partial charge in [-0.15, -0.1) is 0 Å². The molecule has 1 aliphatic carbocycles. The van der Waals surface area contributed by atoms with Crippen LogP contribution in [0.4, 0.5) is 14.9 Å². The molecule has 3 atom stereocenters. The van der Waals surface area contributed by atoms with Crippen molar-refractivity contribution in [2.45, 2.75) is 97.2 Å². The van der Waals surface area contributed by atoms with Crippen LogP contribution < -0.4 is 16.0 Å². The molecule has 212 valence electrons. The average molecular weight is 536 g/mol. The van der Waals surface area contributed by atoms with Crippen molar-refractivity contribution in [3.05, 3.63) is 29.6 Å². The van der Waals surface area contributed by atoms with Gasteiger partial charge in [0.2, 0.25) is 11.8 Å². The molecule has 10 heteroatoms. The Morgan fingerprint density at radius 1 is 1.08 bits per heavy atom. The molecule has 38 heavy (non-hydrogen) atoms. The molecule has 0 saturated heterocycles. The van der Waals surface area contributed by atoms with Crippen LogP contribution >= 0.6 is 0 Å². The highest BCUT2D eigenvalue weighted by atomic mass is 19.1. The third-order valence-corrected chi connectivity index (χ3v) is 6.86. The van der Waals surface area contributed by atoms with Gasteiger partial charge in [-0.2, -0.15) is 0 Å². The summed E-state index contributed by atoms with van der Waals surface area (Å²) in [6, 6.07) is 2.32. The molecular formula is C28H42FN3O6. The number of anilines is 1. The molecule has 1 aromatic carbocycles. The molecule has 0 unspecified atom stereocenters. The Bertz CT molecular complexity index is 1000. The predicted molar refractivity (Wildman–Crippen MR) is 142 cm³/mol. The van der Waals surface area contributed by atoms with E-state index >= 15 is 4.39 Å². The van der Waals surface area contributed by atoms with Crippen molar-refractivity contribution < 1.29 is 33.0 Å². The fourth-order valence-corrected chi connectivity index (χ4v) is 4.56. The van der Waals surface area contributed by atoms with E-state index in [1.165, 1.54) is 19.2 Å². The van der Waals surface area contributed by atoms with E-state index in [0.29, 0.717) is 11.5 Å². The molecule has 0 radical (unpaired) electrons. The first-order valence-electron chi connectivity index (χ1n) is 13.2. The Balaban J connectivity index is 2.23. The first-order chi connectivity index (χ1) is 17.7. The van der Waals surface area contributed by atoms with Gasteiger partial charge in [-0.25, -0.2) is 14.0 Å². The zero-order chi connectivity index (χ0) is 28.6. The van der Waals surface area contributed by atoms with Gasteiger partial charge in [0, 0.05) is 12.3 Å². The molecule has 9 nitrogen and oxygen atoms in total. The fourth-order valence-electron chi connectivity index (χ4n) is 4.56. The summed E-state index contributed by atoms with van der Waals surface area (Å²) in [5.74, 6) is -2.38.